The van der Waals surface area contributed by atoms with Crippen molar-refractivity contribution in [1.29, 1.82) is 5.26 Å². The Hall–Kier alpha value is -1.14. The lowest BCUT2D eigenvalue weighted by molar-refractivity contribution is 0.314. The third-order valence-corrected chi connectivity index (χ3v) is 3.46. The molecule has 0 amide bonds. The number of benzene rings is 1. The second kappa shape index (κ2) is 7.24. The van der Waals surface area contributed by atoms with Gasteiger partial charge in [0, 0.05) is 0 Å². The van der Waals surface area contributed by atoms with Gasteiger partial charge in [0.2, 0.25) is 0 Å². The topological polar surface area (TPSA) is 33.0 Å². The highest BCUT2D eigenvalue weighted by Gasteiger charge is 2.06. The summed E-state index contributed by atoms with van der Waals surface area (Å²) < 4.78 is 5.79. The van der Waals surface area contributed by atoms with Crippen molar-refractivity contribution < 1.29 is 4.74 Å². The Morgan fingerprint density at radius 1 is 1.29 bits per heavy atom. The highest BCUT2D eigenvalue weighted by atomic mass is 32.2. The molecule has 0 fully saturated rings. The first-order valence-electron chi connectivity index (χ1n) is 5.91. The standard InChI is InChI=1S/C14H19NOS/c1-4-17-7-5-6-16-14-11(2)8-13(10-15)9-12(14)3/h8-9H,4-7H2,1-3H3. The van der Waals surface area contributed by atoms with E-state index in [1.54, 1.807) is 0 Å². The molecule has 0 bridgehead atoms. The molecule has 2 nitrogen and oxygen atoms in total. The molecule has 0 spiro atoms. The van der Waals surface area contributed by atoms with E-state index in [1.165, 1.54) is 0 Å². The third-order valence-electron chi connectivity index (χ3n) is 2.47. The molecule has 17 heavy (non-hydrogen) atoms. The van der Waals surface area contributed by atoms with Crippen molar-refractivity contribution in [2.24, 2.45) is 0 Å². The predicted octanol–water partition coefficient (Wildman–Crippen LogP) is 3.70. The molecule has 0 heterocycles. The number of ether oxygens (including phenoxy) is 1. The molecule has 1 aromatic carbocycles. The zero-order chi connectivity index (χ0) is 12.7. The Morgan fingerprint density at radius 2 is 1.94 bits per heavy atom. The fraction of sp³-hybridized carbons (Fsp3) is 0.500. The Bertz CT molecular complexity index is 386. The van der Waals surface area contributed by atoms with Crippen LogP contribution >= 0.6 is 11.8 Å². The quantitative estimate of drug-likeness (QED) is 0.721. The van der Waals surface area contributed by atoms with Crippen LogP contribution in [0.5, 0.6) is 5.75 Å². The summed E-state index contributed by atoms with van der Waals surface area (Å²) in [6.07, 6.45) is 1.07. The van der Waals surface area contributed by atoms with Crippen molar-refractivity contribution >= 4 is 11.8 Å². The first kappa shape index (κ1) is 13.9. The average Bonchev–Trinajstić information content (AvgIpc) is 2.31. The van der Waals surface area contributed by atoms with Crippen LogP contribution in [0.4, 0.5) is 0 Å². The van der Waals surface area contributed by atoms with Crippen LogP contribution in [0.2, 0.25) is 0 Å². The number of hydrogen-bond acceptors (Lipinski definition) is 3. The van der Waals surface area contributed by atoms with Crippen LogP contribution in [0.1, 0.15) is 30.0 Å². The minimum Gasteiger partial charge on any atom is -0.493 e. The molecule has 0 saturated carbocycles. The smallest absolute Gasteiger partial charge is 0.125 e. The lowest BCUT2D eigenvalue weighted by Crippen LogP contribution is -2.02. The summed E-state index contributed by atoms with van der Waals surface area (Å²) in [7, 11) is 0. The summed E-state index contributed by atoms with van der Waals surface area (Å²) in [5.41, 5.74) is 2.79. The van der Waals surface area contributed by atoms with Crippen molar-refractivity contribution in [2.75, 3.05) is 18.1 Å². The molecule has 3 heteroatoms. The lowest BCUT2D eigenvalue weighted by atomic mass is 10.1. The van der Waals surface area contributed by atoms with Gasteiger partial charge in [-0.05, 0) is 55.0 Å². The molecule has 1 rings (SSSR count). The van der Waals surface area contributed by atoms with E-state index in [2.05, 4.69) is 13.0 Å². The van der Waals surface area contributed by atoms with Crippen LogP contribution in [0.15, 0.2) is 12.1 Å². The fourth-order valence-electron chi connectivity index (χ4n) is 1.72. The fourth-order valence-corrected chi connectivity index (χ4v) is 2.33. The normalized spacial score (nSPS) is 10.0. The molecular weight excluding hydrogens is 230 g/mol. The zero-order valence-corrected chi connectivity index (χ0v) is 11.6. The molecule has 0 aromatic heterocycles. The molecule has 0 N–H and O–H groups in total. The van der Waals surface area contributed by atoms with Crippen LogP contribution in [0.3, 0.4) is 0 Å². The number of nitrogens with zero attached hydrogens (tertiary/aromatic N) is 1. The number of thioether (sulfide) groups is 1. The van der Waals surface area contributed by atoms with Gasteiger partial charge in [0.15, 0.2) is 0 Å². The highest BCUT2D eigenvalue weighted by molar-refractivity contribution is 7.99. The summed E-state index contributed by atoms with van der Waals surface area (Å²) in [5.74, 6) is 3.24. The largest absolute Gasteiger partial charge is 0.493 e. The van der Waals surface area contributed by atoms with E-state index >= 15 is 0 Å². The maximum Gasteiger partial charge on any atom is 0.125 e. The third kappa shape index (κ3) is 4.32. The number of hydrogen-bond donors (Lipinski definition) is 0. The van der Waals surface area contributed by atoms with E-state index in [0.717, 1.165) is 41.4 Å². The Kier molecular flexibility index (Phi) is 5.93. The molecule has 0 saturated heterocycles. The molecule has 92 valence electrons. The van der Waals surface area contributed by atoms with Crippen LogP contribution in [0, 0.1) is 25.2 Å². The highest BCUT2D eigenvalue weighted by Crippen LogP contribution is 2.24. The summed E-state index contributed by atoms with van der Waals surface area (Å²) in [5, 5.41) is 8.86. The number of rotatable bonds is 6. The van der Waals surface area contributed by atoms with Crippen LogP contribution in [0.25, 0.3) is 0 Å². The first-order valence-corrected chi connectivity index (χ1v) is 7.06. The molecule has 0 unspecified atom stereocenters. The monoisotopic (exact) mass is 249 g/mol. The summed E-state index contributed by atoms with van der Waals surface area (Å²) in [4.78, 5) is 0. The van der Waals surface area contributed by atoms with Gasteiger partial charge in [-0.1, -0.05) is 6.92 Å². The predicted molar refractivity (Wildman–Crippen MR) is 73.7 cm³/mol. The molecule has 0 aliphatic rings. The zero-order valence-electron chi connectivity index (χ0n) is 10.7. The lowest BCUT2D eigenvalue weighted by Gasteiger charge is -2.12. The van der Waals surface area contributed by atoms with Gasteiger partial charge in [0.25, 0.3) is 0 Å². The Labute approximate surface area is 108 Å². The van der Waals surface area contributed by atoms with E-state index in [0.29, 0.717) is 5.56 Å². The van der Waals surface area contributed by atoms with E-state index < -0.39 is 0 Å². The average molecular weight is 249 g/mol. The summed E-state index contributed by atoms with van der Waals surface area (Å²) in [6, 6.07) is 5.92. The van der Waals surface area contributed by atoms with Gasteiger partial charge in [-0.2, -0.15) is 17.0 Å². The molecule has 0 atom stereocenters. The first-order chi connectivity index (χ1) is 8.19. The van der Waals surface area contributed by atoms with E-state index in [4.69, 9.17) is 10.00 Å². The van der Waals surface area contributed by atoms with E-state index in [-0.39, 0.29) is 0 Å². The second-order valence-electron chi connectivity index (χ2n) is 3.95. The molecule has 1 aromatic rings. The molecule has 0 aliphatic heterocycles. The van der Waals surface area contributed by atoms with Crippen LogP contribution in [-0.2, 0) is 0 Å². The van der Waals surface area contributed by atoms with Gasteiger partial charge < -0.3 is 4.74 Å². The Morgan fingerprint density at radius 3 is 2.47 bits per heavy atom. The Balaban J connectivity index is 2.57. The van der Waals surface area contributed by atoms with Crippen molar-refractivity contribution in [3.63, 3.8) is 0 Å². The van der Waals surface area contributed by atoms with Gasteiger partial charge in [-0.3, -0.25) is 0 Å². The minimum atomic E-state index is 0.703. The van der Waals surface area contributed by atoms with Crippen molar-refractivity contribution in [3.05, 3.63) is 28.8 Å². The van der Waals surface area contributed by atoms with Crippen molar-refractivity contribution in [3.8, 4) is 11.8 Å². The summed E-state index contributed by atoms with van der Waals surface area (Å²) in [6.45, 7) is 6.90. The second-order valence-corrected chi connectivity index (χ2v) is 5.34. The van der Waals surface area contributed by atoms with Crippen molar-refractivity contribution in [2.45, 2.75) is 27.2 Å². The SMILES string of the molecule is CCSCCCOc1c(C)cc(C#N)cc1C. The maximum absolute atomic E-state index is 8.86. The molecular formula is C14H19NOS. The van der Waals surface area contributed by atoms with Gasteiger partial charge >= 0.3 is 0 Å². The van der Waals surface area contributed by atoms with E-state index in [1.807, 2.05) is 37.7 Å². The van der Waals surface area contributed by atoms with Gasteiger partial charge in [-0.25, -0.2) is 0 Å². The summed E-state index contributed by atoms with van der Waals surface area (Å²) >= 11 is 1.93. The van der Waals surface area contributed by atoms with Gasteiger partial charge in [0.05, 0.1) is 18.2 Å². The van der Waals surface area contributed by atoms with Crippen molar-refractivity contribution in [1.82, 2.24) is 0 Å². The number of aryl methyl sites for hydroxylation is 2. The van der Waals surface area contributed by atoms with E-state index in [9.17, 15) is 0 Å². The molecule has 0 radical (unpaired) electrons. The minimum absolute atomic E-state index is 0.703. The van der Waals surface area contributed by atoms with Crippen LogP contribution < -0.4 is 4.74 Å². The van der Waals surface area contributed by atoms with Crippen LogP contribution in [-0.4, -0.2) is 18.1 Å². The molecule has 0 aliphatic carbocycles. The van der Waals surface area contributed by atoms with Gasteiger partial charge in [0.1, 0.15) is 5.75 Å². The maximum atomic E-state index is 8.86. The number of nitriles is 1. The van der Waals surface area contributed by atoms with Gasteiger partial charge in [-0.15, -0.1) is 0 Å².